The minimum absolute atomic E-state index is 0.0633. The lowest BCUT2D eigenvalue weighted by atomic mass is 10.0. The van der Waals surface area contributed by atoms with Crippen LogP contribution in [0.4, 0.5) is 0 Å². The van der Waals surface area contributed by atoms with E-state index in [1.54, 1.807) is 11.8 Å². The first-order valence-corrected chi connectivity index (χ1v) is 9.95. The van der Waals surface area contributed by atoms with Crippen molar-refractivity contribution in [3.05, 3.63) is 29.3 Å². The highest BCUT2D eigenvalue weighted by atomic mass is 32.2. The van der Waals surface area contributed by atoms with Crippen molar-refractivity contribution in [2.75, 3.05) is 31.9 Å². The molecule has 0 bridgehead atoms. The molecule has 0 aliphatic carbocycles. The van der Waals surface area contributed by atoms with Crippen LogP contribution in [0.25, 0.3) is 0 Å². The maximum absolute atomic E-state index is 12.5. The number of amides is 1. The molecule has 1 amide bonds. The molecule has 5 heteroatoms. The molecule has 132 valence electrons. The molecule has 0 spiro atoms. The summed E-state index contributed by atoms with van der Waals surface area (Å²) in [7, 11) is 0. The molecule has 2 rings (SSSR count). The summed E-state index contributed by atoms with van der Waals surface area (Å²) >= 11 is 1.61. The van der Waals surface area contributed by atoms with Crippen molar-refractivity contribution >= 4 is 23.5 Å². The first-order valence-electron chi connectivity index (χ1n) is 8.97. The summed E-state index contributed by atoms with van der Waals surface area (Å²) in [6, 6.07) is 5.45. The van der Waals surface area contributed by atoms with E-state index in [0.717, 1.165) is 49.5 Å². The van der Waals surface area contributed by atoms with Crippen molar-refractivity contribution in [2.24, 2.45) is 0 Å². The average Bonchev–Trinajstić information content (AvgIpc) is 2.59. The van der Waals surface area contributed by atoms with Crippen LogP contribution in [0.1, 0.15) is 60.2 Å². The molecule has 1 heterocycles. The number of Topliss-reactive ketones (excluding diaryl/α,β-unsaturated/α-hetero) is 1. The van der Waals surface area contributed by atoms with Gasteiger partial charge in [-0.1, -0.05) is 26.0 Å². The number of nitrogens with one attached hydrogen (secondary N) is 1. The maximum atomic E-state index is 12.5. The topological polar surface area (TPSA) is 49.4 Å². The van der Waals surface area contributed by atoms with Crippen LogP contribution in [0.3, 0.4) is 0 Å². The predicted molar refractivity (Wildman–Crippen MR) is 100 cm³/mol. The third-order valence-electron chi connectivity index (χ3n) is 4.15. The molecule has 4 nitrogen and oxygen atoms in total. The lowest BCUT2D eigenvalue weighted by Gasteiger charge is -2.21. The molecule has 0 fully saturated rings. The van der Waals surface area contributed by atoms with E-state index in [1.807, 2.05) is 18.2 Å². The smallest absolute Gasteiger partial charge is 0.252 e. The Labute approximate surface area is 149 Å². The quantitative estimate of drug-likeness (QED) is 0.693. The van der Waals surface area contributed by atoms with Gasteiger partial charge in [0.15, 0.2) is 5.78 Å². The van der Waals surface area contributed by atoms with E-state index >= 15 is 0 Å². The van der Waals surface area contributed by atoms with Gasteiger partial charge in [-0.05, 0) is 45.0 Å². The SMILES string of the molecule is CCCN(CCC)CCCNC(=O)c1cccc2c1SCCC2=O. The lowest BCUT2D eigenvalue weighted by molar-refractivity contribution is 0.0948. The fourth-order valence-electron chi connectivity index (χ4n) is 3.04. The van der Waals surface area contributed by atoms with Gasteiger partial charge in [-0.3, -0.25) is 9.59 Å². The summed E-state index contributed by atoms with van der Waals surface area (Å²) in [6.45, 7) is 8.32. The van der Waals surface area contributed by atoms with E-state index < -0.39 is 0 Å². The Balaban J connectivity index is 1.87. The second kappa shape index (κ2) is 9.84. The highest BCUT2D eigenvalue weighted by Crippen LogP contribution is 2.32. The lowest BCUT2D eigenvalue weighted by Crippen LogP contribution is -2.31. The molecule has 0 unspecified atom stereocenters. The number of rotatable bonds is 9. The summed E-state index contributed by atoms with van der Waals surface area (Å²) in [5.74, 6) is 0.846. The number of carbonyl (C=O) groups is 2. The van der Waals surface area contributed by atoms with E-state index in [1.165, 1.54) is 0 Å². The molecule has 0 aromatic heterocycles. The second-order valence-corrected chi connectivity index (χ2v) is 7.26. The van der Waals surface area contributed by atoms with Crippen LogP contribution in [0.5, 0.6) is 0 Å². The van der Waals surface area contributed by atoms with Crippen molar-refractivity contribution in [3.8, 4) is 0 Å². The van der Waals surface area contributed by atoms with Gasteiger partial charge in [0.25, 0.3) is 5.91 Å². The van der Waals surface area contributed by atoms with Crippen LogP contribution in [0.15, 0.2) is 23.1 Å². The van der Waals surface area contributed by atoms with Gasteiger partial charge in [0.1, 0.15) is 0 Å². The molecule has 1 aliphatic heterocycles. The third kappa shape index (κ3) is 5.08. The maximum Gasteiger partial charge on any atom is 0.252 e. The normalized spacial score (nSPS) is 13.9. The highest BCUT2D eigenvalue weighted by Gasteiger charge is 2.22. The first kappa shape index (κ1) is 19.0. The summed E-state index contributed by atoms with van der Waals surface area (Å²) in [4.78, 5) is 27.7. The van der Waals surface area contributed by atoms with Gasteiger partial charge < -0.3 is 10.2 Å². The Morgan fingerprint density at radius 1 is 1.21 bits per heavy atom. The second-order valence-electron chi connectivity index (χ2n) is 6.15. The Hall–Kier alpha value is -1.33. The molecular formula is C19H28N2O2S. The summed E-state index contributed by atoms with van der Waals surface area (Å²) in [6.07, 6.45) is 3.84. The van der Waals surface area contributed by atoms with Gasteiger partial charge in [0.05, 0.1) is 5.56 Å². The van der Waals surface area contributed by atoms with E-state index in [2.05, 4.69) is 24.1 Å². The molecule has 24 heavy (non-hydrogen) atoms. The molecule has 1 N–H and O–H groups in total. The van der Waals surface area contributed by atoms with E-state index in [0.29, 0.717) is 24.1 Å². The third-order valence-corrected chi connectivity index (χ3v) is 5.29. The molecule has 0 saturated carbocycles. The Morgan fingerprint density at radius 3 is 2.67 bits per heavy atom. The fraction of sp³-hybridized carbons (Fsp3) is 0.579. The van der Waals surface area contributed by atoms with Crippen LogP contribution < -0.4 is 5.32 Å². The monoisotopic (exact) mass is 348 g/mol. The molecule has 1 aromatic carbocycles. The predicted octanol–water partition coefficient (Wildman–Crippen LogP) is 3.61. The number of hydrogen-bond donors (Lipinski definition) is 1. The van der Waals surface area contributed by atoms with Gasteiger partial charge in [0, 0.05) is 29.2 Å². The number of carbonyl (C=O) groups excluding carboxylic acids is 2. The number of fused-ring (bicyclic) bond motifs is 1. The first-order chi connectivity index (χ1) is 11.7. The average molecular weight is 349 g/mol. The number of benzene rings is 1. The van der Waals surface area contributed by atoms with Gasteiger partial charge in [0.2, 0.25) is 0 Å². The van der Waals surface area contributed by atoms with Crippen LogP contribution in [0, 0.1) is 0 Å². The largest absolute Gasteiger partial charge is 0.352 e. The Kier molecular flexibility index (Phi) is 7.79. The van der Waals surface area contributed by atoms with Crippen molar-refractivity contribution < 1.29 is 9.59 Å². The van der Waals surface area contributed by atoms with Gasteiger partial charge in [-0.2, -0.15) is 0 Å². The minimum Gasteiger partial charge on any atom is -0.352 e. The fourth-order valence-corrected chi connectivity index (χ4v) is 4.18. The van der Waals surface area contributed by atoms with Crippen molar-refractivity contribution in [3.63, 3.8) is 0 Å². The zero-order valence-electron chi connectivity index (χ0n) is 14.8. The van der Waals surface area contributed by atoms with E-state index in [9.17, 15) is 9.59 Å². The van der Waals surface area contributed by atoms with Crippen LogP contribution >= 0.6 is 11.8 Å². The summed E-state index contributed by atoms with van der Waals surface area (Å²) < 4.78 is 0. The number of hydrogen-bond acceptors (Lipinski definition) is 4. The van der Waals surface area contributed by atoms with Crippen LogP contribution in [-0.4, -0.2) is 48.5 Å². The molecular weight excluding hydrogens is 320 g/mol. The van der Waals surface area contributed by atoms with Crippen molar-refractivity contribution in [1.82, 2.24) is 10.2 Å². The van der Waals surface area contributed by atoms with Gasteiger partial charge in [-0.25, -0.2) is 0 Å². The van der Waals surface area contributed by atoms with Crippen molar-refractivity contribution in [2.45, 2.75) is 44.4 Å². The highest BCUT2D eigenvalue weighted by molar-refractivity contribution is 7.99. The number of nitrogens with zero attached hydrogens (tertiary/aromatic N) is 1. The summed E-state index contributed by atoms with van der Waals surface area (Å²) in [5.41, 5.74) is 1.35. The minimum atomic E-state index is -0.0633. The molecule has 0 saturated heterocycles. The molecule has 1 aromatic rings. The summed E-state index contributed by atoms with van der Waals surface area (Å²) in [5, 5.41) is 3.01. The molecule has 0 atom stereocenters. The van der Waals surface area contributed by atoms with E-state index in [4.69, 9.17) is 0 Å². The Morgan fingerprint density at radius 2 is 1.96 bits per heavy atom. The Bertz CT molecular complexity index is 568. The van der Waals surface area contributed by atoms with E-state index in [-0.39, 0.29) is 11.7 Å². The molecule has 1 aliphatic rings. The zero-order chi connectivity index (χ0) is 17.4. The van der Waals surface area contributed by atoms with Crippen LogP contribution in [0.2, 0.25) is 0 Å². The standard InChI is InChI=1S/C19H28N2O2S/c1-3-11-21(12-4-2)13-6-10-20-19(23)16-8-5-7-15-17(22)9-14-24-18(15)16/h5,7-8H,3-4,6,9-14H2,1-2H3,(H,20,23). The van der Waals surface area contributed by atoms with Crippen LogP contribution in [-0.2, 0) is 0 Å². The van der Waals surface area contributed by atoms with Crippen molar-refractivity contribution in [1.29, 1.82) is 0 Å². The molecule has 0 radical (unpaired) electrons. The zero-order valence-corrected chi connectivity index (χ0v) is 15.6. The van der Waals surface area contributed by atoms with Gasteiger partial charge >= 0.3 is 0 Å². The number of thioether (sulfide) groups is 1. The number of ketones is 1. The van der Waals surface area contributed by atoms with Gasteiger partial charge in [-0.15, -0.1) is 11.8 Å².